The molecule has 0 saturated heterocycles. The molecule has 2 rings (SSSR count). The van der Waals surface area contributed by atoms with Crippen molar-refractivity contribution in [1.29, 1.82) is 0 Å². The maximum Gasteiger partial charge on any atom is 0.239 e. The molecule has 0 aromatic heterocycles. The van der Waals surface area contributed by atoms with E-state index in [1.165, 1.54) is 0 Å². The Hall–Kier alpha value is -0.260. The zero-order chi connectivity index (χ0) is 11.8. The van der Waals surface area contributed by atoms with E-state index in [1.54, 1.807) is 18.2 Å². The molecule has 0 bridgehead atoms. The first kappa shape index (κ1) is 12.2. The molecule has 88 valence electrons. The van der Waals surface area contributed by atoms with Gasteiger partial charge in [0.1, 0.15) is 11.0 Å². The minimum atomic E-state index is -3.60. The fourth-order valence-corrected chi connectivity index (χ4v) is 3.64. The largest absolute Gasteiger partial charge is 0.493 e. The van der Waals surface area contributed by atoms with Gasteiger partial charge in [0.15, 0.2) is 0 Å². The van der Waals surface area contributed by atoms with Crippen LogP contribution in [0, 0.1) is 0 Å². The minimum absolute atomic E-state index is 0.500. The molecule has 1 heterocycles. The first-order chi connectivity index (χ1) is 7.48. The molecule has 1 aliphatic heterocycles. The number of halogens is 2. The van der Waals surface area contributed by atoms with E-state index in [0.29, 0.717) is 30.8 Å². The summed E-state index contributed by atoms with van der Waals surface area (Å²) in [5, 5.41) is -0.667. The maximum absolute atomic E-state index is 11.5. The van der Waals surface area contributed by atoms with Crippen LogP contribution in [0.5, 0.6) is 5.75 Å². The van der Waals surface area contributed by atoms with Crippen LogP contribution in [0.2, 0.25) is 0 Å². The topological polar surface area (TPSA) is 43.4 Å². The Bertz CT molecular complexity index is 501. The highest BCUT2D eigenvalue weighted by molar-refractivity contribution is 9.10. The fourth-order valence-electron chi connectivity index (χ4n) is 1.80. The molecule has 1 unspecified atom stereocenters. The van der Waals surface area contributed by atoms with Crippen LogP contribution in [0.3, 0.4) is 0 Å². The van der Waals surface area contributed by atoms with E-state index in [2.05, 4.69) is 15.9 Å². The van der Waals surface area contributed by atoms with Gasteiger partial charge in [-0.1, -0.05) is 22.0 Å². The number of hydrogen-bond acceptors (Lipinski definition) is 3. The van der Waals surface area contributed by atoms with Gasteiger partial charge >= 0.3 is 0 Å². The Morgan fingerprint density at radius 1 is 1.44 bits per heavy atom. The number of rotatable bonds is 1. The van der Waals surface area contributed by atoms with Crippen molar-refractivity contribution in [2.24, 2.45) is 0 Å². The minimum Gasteiger partial charge on any atom is -0.493 e. The smallest absolute Gasteiger partial charge is 0.239 e. The monoisotopic (exact) mass is 324 g/mol. The molecule has 0 aliphatic carbocycles. The number of benzene rings is 1. The van der Waals surface area contributed by atoms with Crippen LogP contribution < -0.4 is 4.74 Å². The van der Waals surface area contributed by atoms with Gasteiger partial charge in [-0.2, -0.15) is 0 Å². The Morgan fingerprint density at radius 2 is 2.19 bits per heavy atom. The van der Waals surface area contributed by atoms with Gasteiger partial charge < -0.3 is 4.74 Å². The molecular formula is C10H10BrClO3S. The summed E-state index contributed by atoms with van der Waals surface area (Å²) >= 11 is 3.32. The summed E-state index contributed by atoms with van der Waals surface area (Å²) in [5.74, 6) is 0.598. The van der Waals surface area contributed by atoms with E-state index in [0.717, 1.165) is 4.47 Å². The molecule has 0 N–H and O–H groups in total. The number of ether oxygens (including phenoxy) is 1. The molecule has 0 saturated carbocycles. The molecule has 16 heavy (non-hydrogen) atoms. The van der Waals surface area contributed by atoms with Crippen molar-refractivity contribution in [3.8, 4) is 5.75 Å². The van der Waals surface area contributed by atoms with Gasteiger partial charge in [0.2, 0.25) is 9.05 Å². The van der Waals surface area contributed by atoms with Crippen LogP contribution in [-0.2, 0) is 9.05 Å². The van der Waals surface area contributed by atoms with Gasteiger partial charge in [0, 0.05) is 20.7 Å². The second kappa shape index (κ2) is 4.55. The van der Waals surface area contributed by atoms with E-state index in [4.69, 9.17) is 15.4 Å². The quantitative estimate of drug-likeness (QED) is 0.745. The van der Waals surface area contributed by atoms with Gasteiger partial charge in [-0.3, -0.25) is 0 Å². The molecular weight excluding hydrogens is 316 g/mol. The Kier molecular flexibility index (Phi) is 3.47. The van der Waals surface area contributed by atoms with Crippen molar-refractivity contribution in [1.82, 2.24) is 0 Å². The summed E-state index contributed by atoms with van der Waals surface area (Å²) < 4.78 is 29.3. The second-order valence-corrected chi connectivity index (χ2v) is 7.36. The van der Waals surface area contributed by atoms with Crippen molar-refractivity contribution >= 4 is 35.7 Å². The van der Waals surface area contributed by atoms with Crippen LogP contribution >= 0.6 is 26.6 Å². The van der Waals surface area contributed by atoms with Gasteiger partial charge in [0.25, 0.3) is 0 Å². The Morgan fingerprint density at radius 3 is 2.88 bits per heavy atom. The maximum atomic E-state index is 11.5. The third kappa shape index (κ3) is 2.52. The molecule has 3 nitrogen and oxygen atoms in total. The lowest BCUT2D eigenvalue weighted by Crippen LogP contribution is -2.06. The lowest BCUT2D eigenvalue weighted by molar-refractivity contribution is 0.316. The van der Waals surface area contributed by atoms with E-state index in [-0.39, 0.29) is 0 Å². The van der Waals surface area contributed by atoms with Crippen molar-refractivity contribution in [2.75, 3.05) is 6.61 Å². The first-order valence-electron chi connectivity index (χ1n) is 4.84. The molecule has 0 spiro atoms. The third-order valence-corrected chi connectivity index (χ3v) is 4.84. The average molecular weight is 326 g/mol. The highest BCUT2D eigenvalue weighted by atomic mass is 79.9. The van der Waals surface area contributed by atoms with Crippen LogP contribution in [0.25, 0.3) is 0 Å². The summed E-state index contributed by atoms with van der Waals surface area (Å²) in [6.07, 6.45) is 1.18. The van der Waals surface area contributed by atoms with E-state index in [1.807, 2.05) is 0 Å². The van der Waals surface area contributed by atoms with Gasteiger partial charge in [0.05, 0.1) is 6.61 Å². The summed E-state index contributed by atoms with van der Waals surface area (Å²) in [5.41, 5.74) is 0.649. The zero-order valence-corrected chi connectivity index (χ0v) is 11.5. The molecule has 0 fully saturated rings. The zero-order valence-electron chi connectivity index (χ0n) is 8.32. The molecule has 1 atom stereocenters. The first-order valence-corrected chi connectivity index (χ1v) is 8.01. The molecule has 1 aromatic rings. The summed E-state index contributed by atoms with van der Waals surface area (Å²) in [4.78, 5) is 0. The lowest BCUT2D eigenvalue weighted by Gasteiger charge is -2.13. The van der Waals surface area contributed by atoms with Crippen molar-refractivity contribution in [2.45, 2.75) is 18.1 Å². The normalized spacial score (nSPS) is 20.8. The number of hydrogen-bond donors (Lipinski definition) is 0. The fraction of sp³-hybridized carbons (Fsp3) is 0.400. The van der Waals surface area contributed by atoms with Crippen LogP contribution in [-0.4, -0.2) is 15.0 Å². The average Bonchev–Trinajstić information content (AvgIpc) is 2.38. The summed E-state index contributed by atoms with van der Waals surface area (Å²) in [6, 6.07) is 5.31. The van der Waals surface area contributed by atoms with E-state index in [9.17, 15) is 8.42 Å². The van der Waals surface area contributed by atoms with Crippen LogP contribution in [0.15, 0.2) is 22.7 Å². The van der Waals surface area contributed by atoms with Crippen molar-refractivity contribution in [3.63, 3.8) is 0 Å². The predicted molar refractivity (Wildman–Crippen MR) is 66.4 cm³/mol. The SMILES string of the molecule is O=S(=O)(Cl)C1CCCOc2cc(Br)ccc21. The van der Waals surface area contributed by atoms with Gasteiger partial charge in [-0.25, -0.2) is 8.42 Å². The number of fused-ring (bicyclic) bond motifs is 1. The lowest BCUT2D eigenvalue weighted by atomic mass is 10.1. The standard InChI is InChI=1S/C10H10BrClO3S/c11-7-3-4-8-9(6-7)15-5-1-2-10(8)16(12,13)14/h3-4,6,10H,1-2,5H2. The molecule has 6 heteroatoms. The van der Waals surface area contributed by atoms with E-state index < -0.39 is 14.3 Å². The predicted octanol–water partition coefficient (Wildman–Crippen LogP) is 3.23. The summed E-state index contributed by atoms with van der Waals surface area (Å²) in [6.45, 7) is 0.520. The molecule has 1 aliphatic rings. The highest BCUT2D eigenvalue weighted by Crippen LogP contribution is 2.39. The molecule has 0 amide bonds. The summed E-state index contributed by atoms with van der Waals surface area (Å²) in [7, 11) is 1.86. The third-order valence-electron chi connectivity index (χ3n) is 2.53. The Labute approximate surface area is 107 Å². The van der Waals surface area contributed by atoms with Crippen LogP contribution in [0.4, 0.5) is 0 Å². The van der Waals surface area contributed by atoms with Gasteiger partial charge in [-0.05, 0) is 25.0 Å². The molecule has 0 radical (unpaired) electrons. The van der Waals surface area contributed by atoms with Crippen molar-refractivity contribution < 1.29 is 13.2 Å². The van der Waals surface area contributed by atoms with Gasteiger partial charge in [-0.15, -0.1) is 0 Å². The second-order valence-electron chi connectivity index (χ2n) is 3.64. The highest BCUT2D eigenvalue weighted by Gasteiger charge is 2.29. The van der Waals surface area contributed by atoms with Crippen LogP contribution in [0.1, 0.15) is 23.7 Å². The van der Waals surface area contributed by atoms with E-state index >= 15 is 0 Å². The Balaban J connectivity index is 2.53. The molecule has 1 aromatic carbocycles. The van der Waals surface area contributed by atoms with Crippen molar-refractivity contribution in [3.05, 3.63) is 28.2 Å².